The van der Waals surface area contributed by atoms with Gasteiger partial charge in [0.05, 0.1) is 19.2 Å². The Hall–Kier alpha value is -2.04. The van der Waals surface area contributed by atoms with Crippen LogP contribution in [0.1, 0.15) is 18.9 Å². The molecule has 0 fully saturated rings. The number of carbonyl (C=O) groups is 2. The molecule has 0 aromatic heterocycles. The first-order valence-corrected chi connectivity index (χ1v) is 6.00. The van der Waals surface area contributed by atoms with Crippen molar-refractivity contribution in [3.63, 3.8) is 0 Å². The maximum Gasteiger partial charge on any atom is 0.304 e. The van der Waals surface area contributed by atoms with E-state index in [0.717, 1.165) is 5.56 Å². The molecule has 0 aliphatic carbocycles. The third-order valence-electron chi connectivity index (χ3n) is 2.93. The van der Waals surface area contributed by atoms with Gasteiger partial charge >= 0.3 is 5.97 Å². The highest BCUT2D eigenvalue weighted by molar-refractivity contribution is 5.97. The molecule has 5 heteroatoms. The zero-order valence-corrected chi connectivity index (χ0v) is 11.6. The Morgan fingerprint density at radius 2 is 2.05 bits per heavy atom. The number of hydrogen-bond acceptors (Lipinski definition) is 3. The molecule has 1 rings (SSSR count). The molecule has 1 atom stereocenters. The second-order valence-corrected chi connectivity index (χ2v) is 4.57. The van der Waals surface area contributed by atoms with Gasteiger partial charge in [-0.25, -0.2) is 0 Å². The zero-order chi connectivity index (χ0) is 14.6. The van der Waals surface area contributed by atoms with E-state index in [9.17, 15) is 9.59 Å². The standard InChI is InChI=1S/C14H19NO4/c1-9-5-6-12(19-4)11(7-9)15(3)14(18)10(2)8-13(16)17/h5-7,10H,8H2,1-4H3,(H,16,17). The number of hydrogen-bond donors (Lipinski definition) is 1. The van der Waals surface area contributed by atoms with Gasteiger partial charge in [-0.1, -0.05) is 13.0 Å². The fourth-order valence-corrected chi connectivity index (χ4v) is 1.86. The quantitative estimate of drug-likeness (QED) is 0.885. The van der Waals surface area contributed by atoms with E-state index in [-0.39, 0.29) is 12.3 Å². The summed E-state index contributed by atoms with van der Waals surface area (Å²) in [7, 11) is 3.16. The van der Waals surface area contributed by atoms with Crippen LogP contribution >= 0.6 is 0 Å². The highest BCUT2D eigenvalue weighted by Crippen LogP contribution is 2.29. The third kappa shape index (κ3) is 3.71. The number of amides is 1. The third-order valence-corrected chi connectivity index (χ3v) is 2.93. The highest BCUT2D eigenvalue weighted by atomic mass is 16.5. The van der Waals surface area contributed by atoms with E-state index in [4.69, 9.17) is 9.84 Å². The molecule has 0 aliphatic rings. The minimum Gasteiger partial charge on any atom is -0.495 e. The molecule has 1 amide bonds. The molecule has 1 aromatic carbocycles. The van der Waals surface area contributed by atoms with E-state index in [1.54, 1.807) is 20.0 Å². The maximum atomic E-state index is 12.2. The van der Waals surface area contributed by atoms with Gasteiger partial charge in [-0.15, -0.1) is 0 Å². The molecular formula is C14H19NO4. The minimum absolute atomic E-state index is 0.183. The maximum absolute atomic E-state index is 12.2. The molecule has 0 aliphatic heterocycles. The molecule has 0 saturated heterocycles. The van der Waals surface area contributed by atoms with Crippen molar-refractivity contribution in [2.75, 3.05) is 19.1 Å². The van der Waals surface area contributed by atoms with Gasteiger partial charge in [-0.05, 0) is 24.6 Å². The summed E-state index contributed by atoms with van der Waals surface area (Å²) in [6, 6.07) is 5.52. The van der Waals surface area contributed by atoms with Gasteiger partial charge in [0.25, 0.3) is 0 Å². The van der Waals surface area contributed by atoms with Gasteiger partial charge in [0.15, 0.2) is 0 Å². The number of aryl methyl sites for hydroxylation is 1. The first kappa shape index (κ1) is 15.0. The molecule has 0 bridgehead atoms. The van der Waals surface area contributed by atoms with E-state index >= 15 is 0 Å². The summed E-state index contributed by atoms with van der Waals surface area (Å²) >= 11 is 0. The first-order chi connectivity index (χ1) is 8.86. The normalized spacial score (nSPS) is 11.8. The smallest absolute Gasteiger partial charge is 0.304 e. The highest BCUT2D eigenvalue weighted by Gasteiger charge is 2.23. The van der Waals surface area contributed by atoms with E-state index in [0.29, 0.717) is 11.4 Å². The summed E-state index contributed by atoms with van der Waals surface area (Å²) in [4.78, 5) is 24.3. The van der Waals surface area contributed by atoms with Crippen molar-refractivity contribution in [3.8, 4) is 5.75 Å². The molecule has 1 N–H and O–H groups in total. The van der Waals surface area contributed by atoms with Crippen molar-refractivity contribution >= 4 is 17.6 Å². The summed E-state index contributed by atoms with van der Waals surface area (Å²) < 4.78 is 5.22. The lowest BCUT2D eigenvalue weighted by atomic mass is 10.1. The number of ether oxygens (including phenoxy) is 1. The summed E-state index contributed by atoms with van der Waals surface area (Å²) in [5.74, 6) is -1.21. The lowest BCUT2D eigenvalue weighted by molar-refractivity contribution is -0.140. The van der Waals surface area contributed by atoms with Crippen molar-refractivity contribution < 1.29 is 19.4 Å². The van der Waals surface area contributed by atoms with Crippen LogP contribution in [-0.4, -0.2) is 31.1 Å². The van der Waals surface area contributed by atoms with Crippen LogP contribution < -0.4 is 9.64 Å². The average Bonchev–Trinajstić information content (AvgIpc) is 2.36. The SMILES string of the molecule is COc1ccc(C)cc1N(C)C(=O)C(C)CC(=O)O. The predicted octanol–water partition coefficient (Wildman–Crippen LogP) is 2.08. The van der Waals surface area contributed by atoms with Gasteiger partial charge in [0.1, 0.15) is 5.75 Å². The van der Waals surface area contributed by atoms with Gasteiger partial charge in [-0.2, -0.15) is 0 Å². The fraction of sp³-hybridized carbons (Fsp3) is 0.429. The molecule has 19 heavy (non-hydrogen) atoms. The molecule has 1 unspecified atom stereocenters. The summed E-state index contributed by atoms with van der Waals surface area (Å²) in [6.45, 7) is 3.52. The zero-order valence-electron chi connectivity index (χ0n) is 11.6. The van der Waals surface area contributed by atoms with Gasteiger partial charge in [0, 0.05) is 13.0 Å². The minimum atomic E-state index is -0.981. The molecule has 0 radical (unpaired) electrons. The van der Waals surface area contributed by atoms with Crippen LogP contribution in [0.25, 0.3) is 0 Å². The Balaban J connectivity index is 2.99. The predicted molar refractivity (Wildman–Crippen MR) is 72.6 cm³/mol. The largest absolute Gasteiger partial charge is 0.495 e. The van der Waals surface area contributed by atoms with Gasteiger partial charge in [0.2, 0.25) is 5.91 Å². The average molecular weight is 265 g/mol. The molecule has 5 nitrogen and oxygen atoms in total. The summed E-state index contributed by atoms with van der Waals surface area (Å²) in [5, 5.41) is 8.73. The van der Waals surface area contributed by atoms with E-state index in [2.05, 4.69) is 0 Å². The molecule has 0 spiro atoms. The van der Waals surface area contributed by atoms with E-state index in [1.807, 2.05) is 19.1 Å². The van der Waals surface area contributed by atoms with E-state index < -0.39 is 11.9 Å². The molecular weight excluding hydrogens is 246 g/mol. The Bertz CT molecular complexity index is 484. The van der Waals surface area contributed by atoms with Crippen LogP contribution in [0, 0.1) is 12.8 Å². The van der Waals surface area contributed by atoms with Crippen molar-refractivity contribution in [2.45, 2.75) is 20.3 Å². The number of benzene rings is 1. The Labute approximate surface area is 112 Å². The van der Waals surface area contributed by atoms with Gasteiger partial charge in [-0.3, -0.25) is 9.59 Å². The van der Waals surface area contributed by atoms with E-state index in [1.165, 1.54) is 12.0 Å². The second-order valence-electron chi connectivity index (χ2n) is 4.57. The van der Waals surface area contributed by atoms with Crippen LogP contribution in [0.4, 0.5) is 5.69 Å². The van der Waals surface area contributed by atoms with Crippen molar-refractivity contribution in [1.29, 1.82) is 0 Å². The van der Waals surface area contributed by atoms with Gasteiger partial charge < -0.3 is 14.7 Å². The lowest BCUT2D eigenvalue weighted by Gasteiger charge is -2.23. The fourth-order valence-electron chi connectivity index (χ4n) is 1.86. The Kier molecular flexibility index (Phi) is 4.92. The number of nitrogens with zero attached hydrogens (tertiary/aromatic N) is 1. The monoisotopic (exact) mass is 265 g/mol. The lowest BCUT2D eigenvalue weighted by Crippen LogP contribution is -2.33. The van der Waals surface area contributed by atoms with Crippen molar-refractivity contribution in [1.82, 2.24) is 0 Å². The second kappa shape index (κ2) is 6.22. The molecule has 1 aromatic rings. The molecule has 104 valence electrons. The molecule has 0 heterocycles. The van der Waals surface area contributed by atoms with Crippen LogP contribution in [0.5, 0.6) is 5.75 Å². The van der Waals surface area contributed by atoms with Crippen LogP contribution in [0.15, 0.2) is 18.2 Å². The van der Waals surface area contributed by atoms with Crippen molar-refractivity contribution in [2.24, 2.45) is 5.92 Å². The number of carboxylic acid groups (broad SMARTS) is 1. The number of aliphatic carboxylic acids is 1. The Morgan fingerprint density at radius 1 is 1.42 bits per heavy atom. The Morgan fingerprint density at radius 3 is 2.58 bits per heavy atom. The number of methoxy groups -OCH3 is 1. The molecule has 0 saturated carbocycles. The number of anilines is 1. The van der Waals surface area contributed by atoms with Crippen LogP contribution in [0.2, 0.25) is 0 Å². The first-order valence-electron chi connectivity index (χ1n) is 6.00. The summed E-state index contributed by atoms with van der Waals surface area (Å²) in [5.41, 5.74) is 1.64. The van der Waals surface area contributed by atoms with Crippen LogP contribution in [-0.2, 0) is 9.59 Å². The topological polar surface area (TPSA) is 66.8 Å². The number of carbonyl (C=O) groups excluding carboxylic acids is 1. The van der Waals surface area contributed by atoms with Crippen molar-refractivity contribution in [3.05, 3.63) is 23.8 Å². The number of rotatable bonds is 5. The summed E-state index contributed by atoms with van der Waals surface area (Å²) in [6.07, 6.45) is -0.183. The number of carboxylic acids is 1. The van der Waals surface area contributed by atoms with Crippen LogP contribution in [0.3, 0.4) is 0 Å².